The molecule has 0 aliphatic heterocycles. The number of esters is 1. The van der Waals surface area contributed by atoms with E-state index in [1.807, 2.05) is 13.0 Å². The van der Waals surface area contributed by atoms with Crippen molar-refractivity contribution in [2.75, 3.05) is 7.11 Å². The number of fused-ring (bicyclic) bond motifs is 1. The molecule has 0 saturated heterocycles. The van der Waals surface area contributed by atoms with Gasteiger partial charge in [-0.05, 0) is 30.0 Å². The monoisotopic (exact) mass is 259 g/mol. The Balaban J connectivity index is 2.86. The largest absolute Gasteiger partial charge is 0.465 e. The Bertz CT molecular complexity index is 715. The molecule has 0 atom stereocenters. The molecular formula is C14H13NO4. The minimum atomic E-state index is -0.702. The van der Waals surface area contributed by atoms with E-state index in [0.717, 1.165) is 5.56 Å². The van der Waals surface area contributed by atoms with Crippen LogP contribution in [0.2, 0.25) is 0 Å². The van der Waals surface area contributed by atoms with Crippen LogP contribution in [0.3, 0.4) is 0 Å². The van der Waals surface area contributed by atoms with E-state index < -0.39 is 11.5 Å². The molecule has 0 amide bonds. The first-order chi connectivity index (χ1) is 9.08. The van der Waals surface area contributed by atoms with Gasteiger partial charge in [0.25, 0.3) is 5.56 Å². The number of benzene rings is 1. The van der Waals surface area contributed by atoms with Crippen molar-refractivity contribution < 1.29 is 14.3 Å². The lowest BCUT2D eigenvalue weighted by molar-refractivity contribution is -0.108. The van der Waals surface area contributed by atoms with Gasteiger partial charge in [0.2, 0.25) is 0 Å². The number of ether oxygens (including phenoxy) is 1. The second-order valence-corrected chi connectivity index (χ2v) is 4.19. The number of rotatable bonds is 3. The third-order valence-corrected chi connectivity index (χ3v) is 2.91. The first kappa shape index (κ1) is 13.0. The Kier molecular flexibility index (Phi) is 3.46. The highest BCUT2D eigenvalue weighted by Gasteiger charge is 2.15. The fourth-order valence-electron chi connectivity index (χ4n) is 1.99. The SMILES string of the molecule is COC(=O)c1cc2ccc(C)cc2n(CC=O)c1=O. The molecule has 2 aromatic rings. The number of pyridine rings is 1. The molecule has 0 bridgehead atoms. The minimum Gasteiger partial charge on any atom is -0.465 e. The van der Waals surface area contributed by atoms with Crippen LogP contribution in [0.15, 0.2) is 29.1 Å². The fourth-order valence-corrected chi connectivity index (χ4v) is 1.99. The molecular weight excluding hydrogens is 246 g/mol. The molecule has 0 spiro atoms. The Morgan fingerprint density at radius 2 is 2.11 bits per heavy atom. The summed E-state index contributed by atoms with van der Waals surface area (Å²) in [5, 5.41) is 0.715. The van der Waals surface area contributed by atoms with E-state index in [1.54, 1.807) is 12.1 Å². The zero-order valence-electron chi connectivity index (χ0n) is 10.7. The lowest BCUT2D eigenvalue weighted by Crippen LogP contribution is -2.27. The Morgan fingerprint density at radius 3 is 2.74 bits per heavy atom. The number of hydrogen-bond acceptors (Lipinski definition) is 4. The summed E-state index contributed by atoms with van der Waals surface area (Å²) < 4.78 is 5.86. The van der Waals surface area contributed by atoms with Gasteiger partial charge in [-0.1, -0.05) is 12.1 Å². The van der Waals surface area contributed by atoms with E-state index >= 15 is 0 Å². The smallest absolute Gasteiger partial charge is 0.343 e. The molecule has 0 N–H and O–H groups in total. The standard InChI is InChI=1S/C14H13NO4/c1-9-3-4-10-8-11(14(18)19-2)13(17)15(5-6-16)12(10)7-9/h3-4,6-8H,5H2,1-2H3. The van der Waals surface area contributed by atoms with Crippen LogP contribution in [0.5, 0.6) is 0 Å². The number of aryl methyl sites for hydroxylation is 1. The Morgan fingerprint density at radius 1 is 1.37 bits per heavy atom. The van der Waals surface area contributed by atoms with Gasteiger partial charge in [0, 0.05) is 0 Å². The predicted molar refractivity (Wildman–Crippen MR) is 70.3 cm³/mol. The second kappa shape index (κ2) is 5.06. The predicted octanol–water partition coefficient (Wildman–Crippen LogP) is 1.30. The van der Waals surface area contributed by atoms with Crippen LogP contribution in [-0.4, -0.2) is 23.9 Å². The zero-order chi connectivity index (χ0) is 14.0. The normalized spacial score (nSPS) is 10.4. The summed E-state index contributed by atoms with van der Waals surface area (Å²) in [6.07, 6.45) is 0.629. The molecule has 0 saturated carbocycles. The summed E-state index contributed by atoms with van der Waals surface area (Å²) in [5.74, 6) is -0.702. The highest BCUT2D eigenvalue weighted by Crippen LogP contribution is 2.16. The quantitative estimate of drug-likeness (QED) is 0.615. The summed E-state index contributed by atoms with van der Waals surface area (Å²) in [6.45, 7) is 1.80. The maximum Gasteiger partial charge on any atom is 0.343 e. The van der Waals surface area contributed by atoms with Crippen molar-refractivity contribution in [3.63, 3.8) is 0 Å². The van der Waals surface area contributed by atoms with Crippen molar-refractivity contribution in [2.24, 2.45) is 0 Å². The van der Waals surface area contributed by atoms with E-state index in [2.05, 4.69) is 4.74 Å². The number of aromatic nitrogens is 1. The van der Waals surface area contributed by atoms with Gasteiger partial charge < -0.3 is 14.1 Å². The van der Waals surface area contributed by atoms with Crippen LogP contribution in [0.4, 0.5) is 0 Å². The van der Waals surface area contributed by atoms with Crippen molar-refractivity contribution in [3.8, 4) is 0 Å². The van der Waals surface area contributed by atoms with Crippen molar-refractivity contribution in [1.29, 1.82) is 0 Å². The molecule has 1 aromatic carbocycles. The Labute approximate surface area is 109 Å². The molecule has 0 radical (unpaired) electrons. The molecule has 98 valence electrons. The van der Waals surface area contributed by atoms with Crippen LogP contribution in [0.25, 0.3) is 10.9 Å². The average molecular weight is 259 g/mol. The summed E-state index contributed by atoms with van der Waals surface area (Å²) in [4.78, 5) is 34.5. The first-order valence-electron chi connectivity index (χ1n) is 5.74. The van der Waals surface area contributed by atoms with Crippen molar-refractivity contribution in [3.05, 3.63) is 45.7 Å². The maximum absolute atomic E-state index is 12.2. The molecule has 5 nitrogen and oxygen atoms in total. The summed E-state index contributed by atoms with van der Waals surface area (Å²) >= 11 is 0. The van der Waals surface area contributed by atoms with Gasteiger partial charge in [-0.25, -0.2) is 4.79 Å². The van der Waals surface area contributed by atoms with Gasteiger partial charge in [-0.15, -0.1) is 0 Å². The van der Waals surface area contributed by atoms with E-state index in [0.29, 0.717) is 17.2 Å². The third kappa shape index (κ3) is 2.27. The maximum atomic E-state index is 12.2. The number of methoxy groups -OCH3 is 1. The molecule has 1 heterocycles. The molecule has 0 aliphatic rings. The lowest BCUT2D eigenvalue weighted by atomic mass is 10.1. The minimum absolute atomic E-state index is 0.0688. The summed E-state index contributed by atoms with van der Waals surface area (Å²) in [7, 11) is 1.21. The summed E-state index contributed by atoms with van der Waals surface area (Å²) in [6, 6.07) is 6.97. The number of carbonyl (C=O) groups is 2. The highest BCUT2D eigenvalue weighted by molar-refractivity contribution is 5.94. The topological polar surface area (TPSA) is 65.4 Å². The average Bonchev–Trinajstić information content (AvgIpc) is 2.41. The zero-order valence-corrected chi connectivity index (χ0v) is 10.7. The molecule has 2 rings (SSSR count). The number of nitrogens with zero attached hydrogens (tertiary/aromatic N) is 1. The van der Waals surface area contributed by atoms with E-state index in [-0.39, 0.29) is 12.1 Å². The van der Waals surface area contributed by atoms with Crippen molar-refractivity contribution in [1.82, 2.24) is 4.57 Å². The second-order valence-electron chi connectivity index (χ2n) is 4.19. The van der Waals surface area contributed by atoms with Gasteiger partial charge in [0.15, 0.2) is 0 Å². The van der Waals surface area contributed by atoms with Crippen LogP contribution in [0, 0.1) is 6.92 Å². The van der Waals surface area contributed by atoms with Gasteiger partial charge in [-0.2, -0.15) is 0 Å². The van der Waals surface area contributed by atoms with Crippen LogP contribution >= 0.6 is 0 Å². The van der Waals surface area contributed by atoms with Crippen LogP contribution in [0.1, 0.15) is 15.9 Å². The van der Waals surface area contributed by atoms with E-state index in [4.69, 9.17) is 0 Å². The van der Waals surface area contributed by atoms with Gasteiger partial charge >= 0.3 is 5.97 Å². The molecule has 0 unspecified atom stereocenters. The number of carbonyl (C=O) groups excluding carboxylic acids is 2. The van der Waals surface area contributed by atoms with Crippen molar-refractivity contribution >= 4 is 23.2 Å². The first-order valence-corrected chi connectivity index (χ1v) is 5.74. The van der Waals surface area contributed by atoms with Gasteiger partial charge in [-0.3, -0.25) is 4.79 Å². The van der Waals surface area contributed by atoms with Gasteiger partial charge in [0.05, 0.1) is 19.2 Å². The summed E-state index contributed by atoms with van der Waals surface area (Å²) in [5.41, 5.74) is 1.01. The fraction of sp³-hybridized carbons (Fsp3) is 0.214. The van der Waals surface area contributed by atoms with E-state index in [9.17, 15) is 14.4 Å². The number of aldehydes is 1. The van der Waals surface area contributed by atoms with Gasteiger partial charge in [0.1, 0.15) is 11.8 Å². The lowest BCUT2D eigenvalue weighted by Gasteiger charge is -2.10. The third-order valence-electron chi connectivity index (χ3n) is 2.91. The molecule has 5 heteroatoms. The van der Waals surface area contributed by atoms with E-state index in [1.165, 1.54) is 17.7 Å². The van der Waals surface area contributed by atoms with Crippen molar-refractivity contribution in [2.45, 2.75) is 13.5 Å². The van der Waals surface area contributed by atoms with Crippen LogP contribution < -0.4 is 5.56 Å². The molecule has 1 aromatic heterocycles. The highest BCUT2D eigenvalue weighted by atomic mass is 16.5. The molecule has 0 aliphatic carbocycles. The Hall–Kier alpha value is -2.43. The number of hydrogen-bond donors (Lipinski definition) is 0. The molecule has 19 heavy (non-hydrogen) atoms. The van der Waals surface area contributed by atoms with Crippen LogP contribution in [-0.2, 0) is 16.1 Å². The molecule has 0 fully saturated rings.